The highest BCUT2D eigenvalue weighted by Gasteiger charge is 2.34. The van der Waals surface area contributed by atoms with Gasteiger partial charge in [-0.2, -0.15) is 0 Å². The average Bonchev–Trinajstić information content (AvgIpc) is 2.53. The van der Waals surface area contributed by atoms with E-state index in [2.05, 4.69) is 13.8 Å². The third-order valence-electron chi connectivity index (χ3n) is 4.79. The van der Waals surface area contributed by atoms with E-state index in [0.29, 0.717) is 18.8 Å². The predicted octanol–water partition coefficient (Wildman–Crippen LogP) is 2.54. The summed E-state index contributed by atoms with van der Waals surface area (Å²) in [5, 5.41) is 9.15. The Morgan fingerprint density at radius 1 is 1.14 bits per heavy atom. The maximum atomic E-state index is 12.6. The summed E-state index contributed by atoms with van der Waals surface area (Å²) in [5.41, 5.74) is 0. The summed E-state index contributed by atoms with van der Waals surface area (Å²) in [6, 6.07) is 0. The molecule has 0 bridgehead atoms. The molecule has 0 aromatic carbocycles. The van der Waals surface area contributed by atoms with Gasteiger partial charge in [0.05, 0.1) is 12.0 Å². The van der Waals surface area contributed by atoms with Gasteiger partial charge in [0, 0.05) is 25.6 Å². The molecule has 0 aromatic rings. The van der Waals surface area contributed by atoms with E-state index >= 15 is 0 Å². The number of amides is 1. The third-order valence-corrected chi connectivity index (χ3v) is 4.79. The van der Waals surface area contributed by atoms with Gasteiger partial charge in [0.15, 0.2) is 0 Å². The van der Waals surface area contributed by atoms with Crippen LogP contribution in [-0.4, -0.2) is 47.7 Å². The molecule has 1 amide bonds. The Hall–Kier alpha value is -1.10. The first-order chi connectivity index (χ1) is 10.5. The van der Waals surface area contributed by atoms with Crippen LogP contribution in [0.15, 0.2) is 0 Å². The summed E-state index contributed by atoms with van der Waals surface area (Å²) < 4.78 is 5.85. The number of carbonyl (C=O) groups is 2. The van der Waals surface area contributed by atoms with Crippen molar-refractivity contribution in [1.29, 1.82) is 0 Å². The zero-order chi connectivity index (χ0) is 16.1. The van der Waals surface area contributed by atoms with E-state index in [1.807, 2.05) is 4.90 Å². The predicted molar refractivity (Wildman–Crippen MR) is 83.5 cm³/mol. The lowest BCUT2D eigenvalue weighted by Crippen LogP contribution is -2.45. The molecular formula is C17H29NO4. The van der Waals surface area contributed by atoms with Crippen molar-refractivity contribution in [1.82, 2.24) is 4.90 Å². The van der Waals surface area contributed by atoms with Gasteiger partial charge in [-0.3, -0.25) is 9.59 Å². The molecule has 126 valence electrons. The largest absolute Gasteiger partial charge is 0.481 e. The minimum Gasteiger partial charge on any atom is -0.481 e. The summed E-state index contributed by atoms with van der Waals surface area (Å²) in [6.45, 7) is 6.55. The van der Waals surface area contributed by atoms with E-state index < -0.39 is 5.97 Å². The summed E-state index contributed by atoms with van der Waals surface area (Å²) in [5.74, 6) is -0.487. The lowest BCUT2D eigenvalue weighted by Gasteiger charge is -2.36. The number of likely N-dealkylation sites (tertiary alicyclic amines) is 1. The number of carboxylic acids is 1. The quantitative estimate of drug-likeness (QED) is 0.847. The van der Waals surface area contributed by atoms with Crippen molar-refractivity contribution < 1.29 is 19.4 Å². The molecule has 1 aliphatic heterocycles. The van der Waals surface area contributed by atoms with Crippen LogP contribution in [0.5, 0.6) is 0 Å². The molecule has 2 atom stereocenters. The lowest BCUT2D eigenvalue weighted by molar-refractivity contribution is -0.146. The molecule has 22 heavy (non-hydrogen) atoms. The van der Waals surface area contributed by atoms with Gasteiger partial charge in [0.25, 0.3) is 0 Å². The van der Waals surface area contributed by atoms with Crippen LogP contribution in [0.3, 0.4) is 0 Å². The van der Waals surface area contributed by atoms with Crippen molar-refractivity contribution in [3.63, 3.8) is 0 Å². The first-order valence-corrected chi connectivity index (χ1v) is 8.60. The van der Waals surface area contributed by atoms with E-state index in [4.69, 9.17) is 9.84 Å². The van der Waals surface area contributed by atoms with Crippen LogP contribution >= 0.6 is 0 Å². The number of aliphatic carboxylic acids is 1. The SMILES string of the molecule is CC(C)COC1CCN(C(=O)C2CCCC(C(=O)O)C2)CC1. The van der Waals surface area contributed by atoms with Crippen molar-refractivity contribution in [2.75, 3.05) is 19.7 Å². The van der Waals surface area contributed by atoms with Crippen molar-refractivity contribution in [3.05, 3.63) is 0 Å². The van der Waals surface area contributed by atoms with Crippen LogP contribution in [0.4, 0.5) is 0 Å². The summed E-state index contributed by atoms with van der Waals surface area (Å²) >= 11 is 0. The van der Waals surface area contributed by atoms with Crippen LogP contribution < -0.4 is 0 Å². The number of piperidine rings is 1. The molecule has 1 heterocycles. The average molecular weight is 311 g/mol. The van der Waals surface area contributed by atoms with Gasteiger partial charge in [-0.05, 0) is 38.0 Å². The van der Waals surface area contributed by atoms with Gasteiger partial charge >= 0.3 is 5.97 Å². The number of hydrogen-bond acceptors (Lipinski definition) is 3. The fourth-order valence-corrected chi connectivity index (χ4v) is 3.47. The second-order valence-electron chi connectivity index (χ2n) is 7.15. The summed E-state index contributed by atoms with van der Waals surface area (Å²) in [6.07, 6.45) is 4.97. The Bertz CT molecular complexity index is 388. The number of ether oxygens (including phenoxy) is 1. The normalized spacial score (nSPS) is 27.1. The molecule has 2 unspecified atom stereocenters. The third kappa shape index (κ3) is 4.70. The van der Waals surface area contributed by atoms with E-state index in [9.17, 15) is 9.59 Å². The highest BCUT2D eigenvalue weighted by atomic mass is 16.5. The van der Waals surface area contributed by atoms with Crippen molar-refractivity contribution in [2.45, 2.75) is 58.5 Å². The molecule has 0 aromatic heterocycles. The molecule has 2 aliphatic rings. The molecule has 1 aliphatic carbocycles. The van der Waals surface area contributed by atoms with Gasteiger partial charge in [-0.25, -0.2) is 0 Å². The molecule has 1 saturated heterocycles. The minimum absolute atomic E-state index is 0.0945. The zero-order valence-corrected chi connectivity index (χ0v) is 13.8. The molecule has 2 rings (SSSR count). The highest BCUT2D eigenvalue weighted by molar-refractivity contribution is 5.80. The molecule has 5 nitrogen and oxygen atoms in total. The van der Waals surface area contributed by atoms with E-state index in [1.165, 1.54) is 0 Å². The standard InChI is InChI=1S/C17H29NO4/c1-12(2)11-22-15-6-8-18(9-7-15)16(19)13-4-3-5-14(10-13)17(20)21/h12-15H,3-11H2,1-2H3,(H,20,21). The fourth-order valence-electron chi connectivity index (χ4n) is 3.47. The second kappa shape index (κ2) is 7.95. The Balaban J connectivity index is 1.78. The highest BCUT2D eigenvalue weighted by Crippen LogP contribution is 2.31. The zero-order valence-electron chi connectivity index (χ0n) is 13.8. The van der Waals surface area contributed by atoms with Gasteiger partial charge in [-0.15, -0.1) is 0 Å². The number of hydrogen-bond donors (Lipinski definition) is 1. The first kappa shape index (κ1) is 17.3. The van der Waals surface area contributed by atoms with E-state index in [0.717, 1.165) is 45.4 Å². The monoisotopic (exact) mass is 311 g/mol. The van der Waals surface area contributed by atoms with E-state index in [-0.39, 0.29) is 23.8 Å². The minimum atomic E-state index is -0.752. The maximum Gasteiger partial charge on any atom is 0.306 e. The van der Waals surface area contributed by atoms with Crippen LogP contribution in [0, 0.1) is 17.8 Å². The topological polar surface area (TPSA) is 66.8 Å². The maximum absolute atomic E-state index is 12.6. The Morgan fingerprint density at radius 2 is 1.77 bits per heavy atom. The molecule has 0 spiro atoms. The van der Waals surface area contributed by atoms with Crippen LogP contribution in [0.2, 0.25) is 0 Å². The number of nitrogens with zero attached hydrogens (tertiary/aromatic N) is 1. The molecule has 1 saturated carbocycles. The Kier molecular flexibility index (Phi) is 6.24. The fraction of sp³-hybridized carbons (Fsp3) is 0.882. The molecular weight excluding hydrogens is 282 g/mol. The van der Waals surface area contributed by atoms with Crippen molar-refractivity contribution in [2.24, 2.45) is 17.8 Å². The number of carboxylic acid groups (broad SMARTS) is 1. The molecule has 1 N–H and O–H groups in total. The van der Waals surface area contributed by atoms with Crippen LogP contribution in [-0.2, 0) is 14.3 Å². The number of rotatable bonds is 5. The van der Waals surface area contributed by atoms with Gasteiger partial charge in [0.2, 0.25) is 5.91 Å². The van der Waals surface area contributed by atoms with Gasteiger partial charge in [-0.1, -0.05) is 20.3 Å². The van der Waals surface area contributed by atoms with Gasteiger partial charge in [0.1, 0.15) is 0 Å². The van der Waals surface area contributed by atoms with E-state index in [1.54, 1.807) is 0 Å². The Morgan fingerprint density at radius 3 is 2.36 bits per heavy atom. The second-order valence-corrected chi connectivity index (χ2v) is 7.15. The van der Waals surface area contributed by atoms with Crippen LogP contribution in [0.1, 0.15) is 52.4 Å². The van der Waals surface area contributed by atoms with Crippen LogP contribution in [0.25, 0.3) is 0 Å². The summed E-state index contributed by atoms with van der Waals surface area (Å²) in [4.78, 5) is 25.6. The number of carbonyl (C=O) groups excluding carboxylic acids is 1. The lowest BCUT2D eigenvalue weighted by atomic mass is 9.80. The first-order valence-electron chi connectivity index (χ1n) is 8.60. The van der Waals surface area contributed by atoms with Crippen molar-refractivity contribution in [3.8, 4) is 0 Å². The van der Waals surface area contributed by atoms with Gasteiger partial charge < -0.3 is 14.7 Å². The smallest absolute Gasteiger partial charge is 0.306 e. The Labute approximate surface area is 133 Å². The van der Waals surface area contributed by atoms with Crippen molar-refractivity contribution >= 4 is 11.9 Å². The molecule has 2 fully saturated rings. The molecule has 0 radical (unpaired) electrons. The molecule has 5 heteroatoms. The summed E-state index contributed by atoms with van der Waals surface area (Å²) in [7, 11) is 0.